The molecular weight excluding hydrogens is 296 g/mol. The third kappa shape index (κ3) is 15.2. The van der Waals surface area contributed by atoms with Crippen LogP contribution in [0.25, 0.3) is 0 Å². The second-order valence-corrected chi connectivity index (χ2v) is 8.53. The highest BCUT2D eigenvalue weighted by Crippen LogP contribution is 2.21. The van der Waals surface area contributed by atoms with Gasteiger partial charge in [0.1, 0.15) is 0 Å². The molecule has 3 atom stereocenters. The number of ether oxygens (including phenoxy) is 2. The number of hydrogen-bond donors (Lipinski definition) is 0. The minimum absolute atomic E-state index is 0.386. The summed E-state index contributed by atoms with van der Waals surface area (Å²) in [7, 11) is 0. The van der Waals surface area contributed by atoms with Gasteiger partial charge in [-0.05, 0) is 77.6 Å². The predicted molar refractivity (Wildman–Crippen MR) is 107 cm³/mol. The van der Waals surface area contributed by atoms with E-state index in [1.165, 1.54) is 32.1 Å². The topological polar surface area (TPSA) is 18.5 Å². The lowest BCUT2D eigenvalue weighted by molar-refractivity contribution is 0.000267. The molecule has 3 unspecified atom stereocenters. The van der Waals surface area contributed by atoms with E-state index >= 15 is 0 Å². The van der Waals surface area contributed by atoms with Crippen LogP contribution in [0.2, 0.25) is 0 Å². The van der Waals surface area contributed by atoms with Crippen molar-refractivity contribution in [2.45, 2.75) is 99.7 Å². The first-order valence-electron chi connectivity index (χ1n) is 10.1. The summed E-state index contributed by atoms with van der Waals surface area (Å²) in [6.45, 7) is 19.2. The summed E-state index contributed by atoms with van der Waals surface area (Å²) in [6.07, 6.45) is 9.93. The van der Waals surface area contributed by atoms with Crippen molar-refractivity contribution >= 4 is 0 Å². The van der Waals surface area contributed by atoms with E-state index in [4.69, 9.17) is 9.47 Å². The Morgan fingerprint density at radius 1 is 1.04 bits per heavy atom. The molecule has 0 radical (unpaired) electrons. The predicted octanol–water partition coefficient (Wildman–Crippen LogP) is 6.64. The molecule has 24 heavy (non-hydrogen) atoms. The summed E-state index contributed by atoms with van der Waals surface area (Å²) in [5.74, 6) is 2.40. The van der Waals surface area contributed by atoms with Crippen molar-refractivity contribution in [1.82, 2.24) is 0 Å². The molecule has 0 bridgehead atoms. The maximum absolute atomic E-state index is 5.39. The van der Waals surface area contributed by atoms with Crippen molar-refractivity contribution in [2.24, 2.45) is 17.8 Å². The fourth-order valence-corrected chi connectivity index (χ4v) is 2.50. The highest BCUT2D eigenvalue weighted by Gasteiger charge is 2.13. The van der Waals surface area contributed by atoms with E-state index in [-0.39, 0.29) is 0 Å². The van der Waals surface area contributed by atoms with Gasteiger partial charge in [0.15, 0.2) is 0 Å². The first-order chi connectivity index (χ1) is 11.2. The largest absolute Gasteiger partial charge is 0.379 e. The molecule has 0 aromatic rings. The van der Waals surface area contributed by atoms with Gasteiger partial charge in [0, 0.05) is 13.2 Å². The summed E-state index contributed by atoms with van der Waals surface area (Å²) < 4.78 is 10.7. The molecule has 0 aromatic heterocycles. The Morgan fingerprint density at radius 2 is 1.71 bits per heavy atom. The smallest absolute Gasteiger partial charge is 0.0547 e. The van der Waals surface area contributed by atoms with Gasteiger partial charge in [0.25, 0.3) is 0 Å². The van der Waals surface area contributed by atoms with Crippen LogP contribution in [-0.2, 0) is 9.47 Å². The molecule has 0 saturated carbocycles. The number of rotatable bonds is 3. The minimum atomic E-state index is 0.386. The summed E-state index contributed by atoms with van der Waals surface area (Å²) in [4.78, 5) is 0. The summed E-state index contributed by atoms with van der Waals surface area (Å²) >= 11 is 0. The Kier molecular flexibility index (Phi) is 13.7. The molecule has 1 heterocycles. The molecule has 2 nitrogen and oxygen atoms in total. The zero-order chi connectivity index (χ0) is 18.5. The Hall–Kier alpha value is -0.340. The maximum atomic E-state index is 5.39. The molecule has 2 rings (SSSR count). The van der Waals surface area contributed by atoms with Gasteiger partial charge in [-0.3, -0.25) is 0 Å². The molecule has 2 aliphatic rings. The normalized spacial score (nSPS) is 26.9. The first-order valence-corrected chi connectivity index (χ1v) is 10.1. The van der Waals surface area contributed by atoms with Crippen molar-refractivity contribution < 1.29 is 9.47 Å². The fraction of sp³-hybridized carbons (Fsp3) is 0.909. The standard InChI is InChI=1S/C8H14.C7H14O.C7H16O/c1-7-3-5-8(2)6-4-7;1-6-3-4-7(2)8-5-6;1-6(2)5-8-7(3)4/h3,8H,4-6H2,1-2H3;6-7H,3-5H2,1-2H3;6-7H,5H2,1-4H3. The SMILES string of the molecule is CC(C)COC(C)C.CC1=CCC(C)CC1.CC1CCC(C)OC1. The van der Waals surface area contributed by atoms with E-state index in [9.17, 15) is 0 Å². The lowest BCUT2D eigenvalue weighted by Gasteiger charge is -2.23. The second-order valence-electron chi connectivity index (χ2n) is 8.53. The van der Waals surface area contributed by atoms with Crippen LogP contribution in [0.15, 0.2) is 11.6 Å². The van der Waals surface area contributed by atoms with E-state index in [0.29, 0.717) is 18.1 Å². The van der Waals surface area contributed by atoms with Crippen molar-refractivity contribution in [3.63, 3.8) is 0 Å². The van der Waals surface area contributed by atoms with E-state index in [2.05, 4.69) is 61.5 Å². The van der Waals surface area contributed by atoms with Gasteiger partial charge < -0.3 is 9.47 Å². The van der Waals surface area contributed by atoms with E-state index in [1.54, 1.807) is 5.57 Å². The zero-order valence-electron chi connectivity index (χ0n) is 17.7. The van der Waals surface area contributed by atoms with Crippen LogP contribution in [0.5, 0.6) is 0 Å². The van der Waals surface area contributed by atoms with Gasteiger partial charge >= 0.3 is 0 Å². The summed E-state index contributed by atoms with van der Waals surface area (Å²) in [5.41, 5.74) is 1.59. The molecule has 2 heteroatoms. The molecule has 1 fully saturated rings. The third-order valence-corrected chi connectivity index (χ3v) is 4.39. The number of hydrogen-bond acceptors (Lipinski definition) is 2. The summed E-state index contributed by atoms with van der Waals surface area (Å²) in [6, 6.07) is 0. The maximum Gasteiger partial charge on any atom is 0.0547 e. The lowest BCUT2D eigenvalue weighted by Crippen LogP contribution is -2.21. The Morgan fingerprint density at radius 3 is 2.00 bits per heavy atom. The monoisotopic (exact) mass is 340 g/mol. The molecular formula is C22H44O2. The van der Waals surface area contributed by atoms with Crippen LogP contribution in [0.4, 0.5) is 0 Å². The Labute approximate surface area is 152 Å². The molecule has 0 N–H and O–H groups in total. The van der Waals surface area contributed by atoms with Gasteiger partial charge in [0.05, 0.1) is 12.2 Å². The van der Waals surface area contributed by atoms with Gasteiger partial charge in [-0.1, -0.05) is 39.3 Å². The first kappa shape index (κ1) is 23.7. The van der Waals surface area contributed by atoms with E-state index in [0.717, 1.165) is 25.0 Å². The minimum Gasteiger partial charge on any atom is -0.379 e. The second kappa shape index (κ2) is 13.9. The van der Waals surface area contributed by atoms with Gasteiger partial charge in [-0.25, -0.2) is 0 Å². The molecule has 0 spiro atoms. The third-order valence-electron chi connectivity index (χ3n) is 4.39. The fourth-order valence-electron chi connectivity index (χ4n) is 2.50. The van der Waals surface area contributed by atoms with Crippen molar-refractivity contribution in [3.05, 3.63) is 11.6 Å². The summed E-state index contributed by atoms with van der Waals surface area (Å²) in [5, 5.41) is 0. The van der Waals surface area contributed by atoms with E-state index < -0.39 is 0 Å². The molecule has 1 saturated heterocycles. The quantitative estimate of drug-likeness (QED) is 0.536. The van der Waals surface area contributed by atoms with Crippen LogP contribution in [-0.4, -0.2) is 25.4 Å². The van der Waals surface area contributed by atoms with Crippen molar-refractivity contribution in [1.29, 1.82) is 0 Å². The van der Waals surface area contributed by atoms with E-state index in [1.807, 2.05) is 0 Å². The van der Waals surface area contributed by atoms with Crippen LogP contribution < -0.4 is 0 Å². The Bertz CT molecular complexity index is 294. The molecule has 0 amide bonds. The average molecular weight is 341 g/mol. The van der Waals surface area contributed by atoms with Crippen LogP contribution in [0.3, 0.4) is 0 Å². The van der Waals surface area contributed by atoms with Crippen LogP contribution in [0, 0.1) is 17.8 Å². The molecule has 1 aliphatic heterocycles. The van der Waals surface area contributed by atoms with Crippen LogP contribution >= 0.6 is 0 Å². The highest BCUT2D eigenvalue weighted by molar-refractivity contribution is 5.01. The van der Waals surface area contributed by atoms with Crippen molar-refractivity contribution in [3.8, 4) is 0 Å². The molecule has 144 valence electrons. The van der Waals surface area contributed by atoms with Gasteiger partial charge in [0.2, 0.25) is 0 Å². The molecule has 1 aliphatic carbocycles. The van der Waals surface area contributed by atoms with Crippen LogP contribution in [0.1, 0.15) is 87.5 Å². The zero-order valence-corrected chi connectivity index (χ0v) is 17.7. The van der Waals surface area contributed by atoms with Gasteiger partial charge in [-0.2, -0.15) is 0 Å². The van der Waals surface area contributed by atoms with Gasteiger partial charge in [-0.15, -0.1) is 0 Å². The lowest BCUT2D eigenvalue weighted by atomic mass is 9.92. The Balaban J connectivity index is 0.000000331. The highest BCUT2D eigenvalue weighted by atomic mass is 16.5. The average Bonchev–Trinajstić information content (AvgIpc) is 2.52. The molecule has 0 aromatic carbocycles. The van der Waals surface area contributed by atoms with Crippen molar-refractivity contribution in [2.75, 3.05) is 13.2 Å². The number of allylic oxidation sites excluding steroid dienone is 2.